The molecule has 0 spiro atoms. The van der Waals surface area contributed by atoms with Gasteiger partial charge in [-0.1, -0.05) is 6.07 Å². The highest BCUT2D eigenvalue weighted by Crippen LogP contribution is 2.15. The van der Waals surface area contributed by atoms with Crippen molar-refractivity contribution >= 4 is 21.8 Å². The lowest BCUT2D eigenvalue weighted by atomic mass is 10.2. The second-order valence-corrected chi connectivity index (χ2v) is 6.26. The Morgan fingerprint density at radius 2 is 1.94 bits per heavy atom. The fourth-order valence-corrected chi connectivity index (χ4v) is 1.73. The molecule has 0 aliphatic carbocycles. The van der Waals surface area contributed by atoms with E-state index in [2.05, 4.69) is 5.32 Å². The van der Waals surface area contributed by atoms with E-state index in [0.29, 0.717) is 5.69 Å². The van der Waals surface area contributed by atoms with Crippen molar-refractivity contribution in [3.8, 4) is 0 Å². The predicted octanol–water partition coefficient (Wildman–Crippen LogP) is 1.68. The first kappa shape index (κ1) is 14.5. The van der Waals surface area contributed by atoms with Crippen molar-refractivity contribution in [2.75, 3.05) is 5.32 Å². The first-order chi connectivity index (χ1) is 8.08. The Morgan fingerprint density at radius 1 is 1.33 bits per heavy atom. The van der Waals surface area contributed by atoms with Crippen molar-refractivity contribution in [1.82, 2.24) is 0 Å². The fraction of sp³-hybridized carbons (Fsp3) is 0.364. The van der Waals surface area contributed by atoms with Gasteiger partial charge in [-0.2, -0.15) is 0 Å². The molecule has 0 unspecified atom stereocenters. The smallest absolute Gasteiger partial charge is 0.412 e. The Morgan fingerprint density at radius 3 is 2.44 bits per heavy atom. The van der Waals surface area contributed by atoms with Gasteiger partial charge in [0.2, 0.25) is 10.0 Å². The molecule has 0 fully saturated rings. The molecule has 0 heterocycles. The molecule has 0 saturated heterocycles. The number of hydrogen-bond acceptors (Lipinski definition) is 4. The molecule has 1 aromatic carbocycles. The molecule has 7 heteroatoms. The van der Waals surface area contributed by atoms with Crippen LogP contribution < -0.4 is 10.5 Å². The largest absolute Gasteiger partial charge is 0.444 e. The molecule has 1 amide bonds. The Kier molecular flexibility index (Phi) is 3.98. The van der Waals surface area contributed by atoms with Crippen molar-refractivity contribution in [2.24, 2.45) is 5.14 Å². The Balaban J connectivity index is 2.84. The summed E-state index contributed by atoms with van der Waals surface area (Å²) in [6, 6.07) is 5.62. The van der Waals surface area contributed by atoms with Gasteiger partial charge in [0.1, 0.15) is 5.60 Å². The molecule has 0 radical (unpaired) electrons. The van der Waals surface area contributed by atoms with Crippen LogP contribution in [0.25, 0.3) is 0 Å². The van der Waals surface area contributed by atoms with Crippen molar-refractivity contribution in [3.63, 3.8) is 0 Å². The summed E-state index contributed by atoms with van der Waals surface area (Å²) >= 11 is 0. The van der Waals surface area contributed by atoms with Crippen molar-refractivity contribution in [1.29, 1.82) is 0 Å². The van der Waals surface area contributed by atoms with E-state index in [1.54, 1.807) is 26.8 Å². The van der Waals surface area contributed by atoms with Gasteiger partial charge < -0.3 is 4.74 Å². The summed E-state index contributed by atoms with van der Waals surface area (Å²) in [5, 5.41) is 7.42. The van der Waals surface area contributed by atoms with Gasteiger partial charge in [-0.05, 0) is 39.0 Å². The van der Waals surface area contributed by atoms with E-state index in [1.165, 1.54) is 18.2 Å². The van der Waals surface area contributed by atoms with Crippen LogP contribution in [0.2, 0.25) is 0 Å². The maximum absolute atomic E-state index is 11.5. The number of nitrogens with two attached hydrogens (primary N) is 1. The number of anilines is 1. The Labute approximate surface area is 106 Å². The molecule has 6 nitrogen and oxygen atoms in total. The van der Waals surface area contributed by atoms with E-state index >= 15 is 0 Å². The van der Waals surface area contributed by atoms with Crippen molar-refractivity contribution in [2.45, 2.75) is 31.3 Å². The molecule has 0 saturated carbocycles. The average Bonchev–Trinajstić information content (AvgIpc) is 2.13. The maximum atomic E-state index is 11.5. The molecular weight excluding hydrogens is 256 g/mol. The zero-order valence-corrected chi connectivity index (χ0v) is 11.2. The minimum Gasteiger partial charge on any atom is -0.444 e. The minimum absolute atomic E-state index is 0.0731. The van der Waals surface area contributed by atoms with Crippen molar-refractivity contribution in [3.05, 3.63) is 24.3 Å². The molecule has 0 bridgehead atoms. The topological polar surface area (TPSA) is 98.5 Å². The number of benzene rings is 1. The van der Waals surface area contributed by atoms with Gasteiger partial charge in [0.15, 0.2) is 0 Å². The second kappa shape index (κ2) is 4.95. The number of rotatable bonds is 2. The van der Waals surface area contributed by atoms with Gasteiger partial charge in [0, 0.05) is 5.69 Å². The van der Waals surface area contributed by atoms with Gasteiger partial charge in [0.25, 0.3) is 0 Å². The summed E-state index contributed by atoms with van der Waals surface area (Å²) in [6.07, 6.45) is -0.658. The van der Waals surface area contributed by atoms with Crippen LogP contribution in [0, 0.1) is 0 Å². The SMILES string of the molecule is CC(C)(C)OC(=O)Nc1cccc(S(N)(=O)=O)c1. The molecule has 0 aromatic heterocycles. The standard InChI is InChI=1S/C11H16N2O4S/c1-11(2,3)17-10(14)13-8-5-4-6-9(7-8)18(12,15)16/h4-7H,1-3H3,(H,13,14)(H2,12,15,16). The van der Waals surface area contributed by atoms with Crippen LogP contribution in [0.1, 0.15) is 20.8 Å². The average molecular weight is 272 g/mol. The highest BCUT2D eigenvalue weighted by atomic mass is 32.2. The monoisotopic (exact) mass is 272 g/mol. The molecule has 18 heavy (non-hydrogen) atoms. The number of amides is 1. The van der Waals surface area contributed by atoms with Crippen LogP contribution in [-0.2, 0) is 14.8 Å². The third kappa shape index (κ3) is 4.72. The zero-order chi connectivity index (χ0) is 14.0. The Hall–Kier alpha value is -1.60. The van der Waals surface area contributed by atoms with E-state index in [4.69, 9.17) is 9.88 Å². The van der Waals surface area contributed by atoms with E-state index < -0.39 is 21.7 Å². The molecule has 1 rings (SSSR count). The molecule has 0 aliphatic rings. The van der Waals surface area contributed by atoms with E-state index in [9.17, 15) is 13.2 Å². The quantitative estimate of drug-likeness (QED) is 0.855. The lowest BCUT2D eigenvalue weighted by molar-refractivity contribution is 0.0636. The number of hydrogen-bond donors (Lipinski definition) is 2. The molecule has 0 atom stereocenters. The van der Waals surface area contributed by atoms with Crippen LogP contribution in [0.3, 0.4) is 0 Å². The van der Waals surface area contributed by atoms with E-state index in [1.807, 2.05) is 0 Å². The van der Waals surface area contributed by atoms with Crippen LogP contribution in [0.4, 0.5) is 10.5 Å². The number of carbonyl (C=O) groups is 1. The van der Waals surface area contributed by atoms with Crippen LogP contribution in [0.5, 0.6) is 0 Å². The van der Waals surface area contributed by atoms with E-state index in [0.717, 1.165) is 0 Å². The highest BCUT2D eigenvalue weighted by molar-refractivity contribution is 7.89. The molecule has 3 N–H and O–H groups in total. The van der Waals surface area contributed by atoms with Gasteiger partial charge in [-0.15, -0.1) is 0 Å². The predicted molar refractivity (Wildman–Crippen MR) is 67.7 cm³/mol. The van der Waals surface area contributed by atoms with Gasteiger partial charge >= 0.3 is 6.09 Å². The first-order valence-corrected chi connectivity index (χ1v) is 6.75. The number of ether oxygens (including phenoxy) is 1. The number of carbonyl (C=O) groups excluding carboxylic acids is 1. The Bertz CT molecular complexity index is 546. The molecule has 0 aliphatic heterocycles. The van der Waals surface area contributed by atoms with E-state index in [-0.39, 0.29) is 4.90 Å². The minimum atomic E-state index is -3.79. The summed E-state index contributed by atoms with van der Waals surface area (Å²) in [6.45, 7) is 5.19. The summed E-state index contributed by atoms with van der Waals surface area (Å²) in [4.78, 5) is 11.4. The molecule has 100 valence electrons. The first-order valence-electron chi connectivity index (χ1n) is 5.21. The maximum Gasteiger partial charge on any atom is 0.412 e. The van der Waals surface area contributed by atoms with Crippen LogP contribution in [0.15, 0.2) is 29.2 Å². The fourth-order valence-electron chi connectivity index (χ4n) is 1.17. The van der Waals surface area contributed by atoms with Gasteiger partial charge in [0.05, 0.1) is 4.90 Å². The van der Waals surface area contributed by atoms with Gasteiger partial charge in [-0.3, -0.25) is 5.32 Å². The van der Waals surface area contributed by atoms with Crippen LogP contribution in [-0.4, -0.2) is 20.1 Å². The summed E-state index contributed by atoms with van der Waals surface area (Å²) < 4.78 is 27.3. The summed E-state index contributed by atoms with van der Waals surface area (Å²) in [7, 11) is -3.79. The van der Waals surface area contributed by atoms with Crippen molar-refractivity contribution < 1.29 is 17.9 Å². The number of nitrogens with one attached hydrogen (secondary N) is 1. The summed E-state index contributed by atoms with van der Waals surface area (Å²) in [5.74, 6) is 0. The third-order valence-electron chi connectivity index (χ3n) is 1.81. The third-order valence-corrected chi connectivity index (χ3v) is 2.72. The lowest BCUT2D eigenvalue weighted by Crippen LogP contribution is -2.27. The van der Waals surface area contributed by atoms with Crippen LogP contribution >= 0.6 is 0 Å². The van der Waals surface area contributed by atoms with Gasteiger partial charge in [-0.25, -0.2) is 18.4 Å². The molecular formula is C11H16N2O4S. The number of sulfonamides is 1. The highest BCUT2D eigenvalue weighted by Gasteiger charge is 2.16. The lowest BCUT2D eigenvalue weighted by Gasteiger charge is -2.19. The zero-order valence-electron chi connectivity index (χ0n) is 10.4. The molecule has 1 aromatic rings. The second-order valence-electron chi connectivity index (χ2n) is 4.70. The number of primary sulfonamides is 1. The normalized spacial score (nSPS) is 12.0. The summed E-state index contributed by atoms with van der Waals surface area (Å²) in [5.41, 5.74) is -0.322.